The highest BCUT2D eigenvalue weighted by Gasteiger charge is 2.22. The standard InChI is InChI=1S/C25H28F3N3O6S/c1-5-38(34,35)29-20-8-6-7-15(23(20)28)11-18-19(13-31(4)14-22(26)27)17-10-9-16(36-25(33)30(2)3)12-21(17)37-24(18)32/h6-10,12,22,29H,5,11,13-14H2,1-4H3. The predicted octanol–water partition coefficient (Wildman–Crippen LogP) is 4.04. The maximum Gasteiger partial charge on any atom is 0.414 e. The van der Waals surface area contributed by atoms with Gasteiger partial charge in [0.2, 0.25) is 10.0 Å². The Labute approximate surface area is 217 Å². The number of hydrogen-bond acceptors (Lipinski definition) is 7. The lowest BCUT2D eigenvalue weighted by atomic mass is 9.97. The first kappa shape index (κ1) is 29.0. The Kier molecular flexibility index (Phi) is 9.05. The van der Waals surface area contributed by atoms with Gasteiger partial charge in [-0.05, 0) is 43.3 Å². The van der Waals surface area contributed by atoms with Crippen LogP contribution >= 0.6 is 0 Å². The minimum atomic E-state index is -3.76. The van der Waals surface area contributed by atoms with Crippen molar-refractivity contribution in [3.05, 3.63) is 69.3 Å². The molecule has 1 heterocycles. The number of nitrogens with zero attached hydrogens (tertiary/aromatic N) is 2. The monoisotopic (exact) mass is 555 g/mol. The number of nitrogens with one attached hydrogen (secondary N) is 1. The summed E-state index contributed by atoms with van der Waals surface area (Å²) in [6.07, 6.45) is -3.58. The lowest BCUT2D eigenvalue weighted by molar-refractivity contribution is 0.0975. The van der Waals surface area contributed by atoms with Gasteiger partial charge in [-0.15, -0.1) is 0 Å². The van der Waals surface area contributed by atoms with Crippen molar-refractivity contribution < 1.29 is 35.5 Å². The summed E-state index contributed by atoms with van der Waals surface area (Å²) >= 11 is 0. The molecule has 2 aromatic carbocycles. The Bertz CT molecular complexity index is 1490. The second kappa shape index (κ2) is 11.9. The average molecular weight is 556 g/mol. The molecule has 1 N–H and O–H groups in total. The Hall–Kier alpha value is -3.58. The minimum Gasteiger partial charge on any atom is -0.422 e. The molecule has 0 radical (unpaired) electrons. The number of carbonyl (C=O) groups excluding carboxylic acids is 1. The molecule has 0 atom stereocenters. The number of carbonyl (C=O) groups is 1. The summed E-state index contributed by atoms with van der Waals surface area (Å²) in [5.41, 5.74) is -0.725. The molecule has 0 aliphatic heterocycles. The maximum absolute atomic E-state index is 15.3. The quantitative estimate of drug-likeness (QED) is 0.376. The van der Waals surface area contributed by atoms with E-state index >= 15 is 4.39 Å². The van der Waals surface area contributed by atoms with Crippen molar-refractivity contribution in [2.75, 3.05) is 38.2 Å². The number of benzene rings is 2. The van der Waals surface area contributed by atoms with Gasteiger partial charge in [0.1, 0.15) is 11.3 Å². The molecule has 38 heavy (non-hydrogen) atoms. The second-order valence-corrected chi connectivity index (χ2v) is 10.8. The topological polar surface area (TPSA) is 109 Å². The smallest absolute Gasteiger partial charge is 0.414 e. The normalized spacial score (nSPS) is 11.8. The Morgan fingerprint density at radius 3 is 2.47 bits per heavy atom. The van der Waals surface area contributed by atoms with Crippen molar-refractivity contribution in [1.82, 2.24) is 9.80 Å². The zero-order chi connectivity index (χ0) is 28.2. The number of ether oxygens (including phenoxy) is 1. The van der Waals surface area contributed by atoms with Gasteiger partial charge in [0.15, 0.2) is 5.82 Å². The molecule has 0 unspecified atom stereocenters. The van der Waals surface area contributed by atoms with Gasteiger partial charge < -0.3 is 14.1 Å². The van der Waals surface area contributed by atoms with E-state index in [2.05, 4.69) is 4.72 Å². The van der Waals surface area contributed by atoms with Gasteiger partial charge in [-0.1, -0.05) is 12.1 Å². The first-order valence-electron chi connectivity index (χ1n) is 11.5. The summed E-state index contributed by atoms with van der Waals surface area (Å²) in [5, 5.41) is 0.383. The number of halogens is 3. The van der Waals surface area contributed by atoms with E-state index in [0.717, 1.165) is 0 Å². The van der Waals surface area contributed by atoms with Crippen LogP contribution in [-0.4, -0.2) is 64.2 Å². The molecule has 3 rings (SSSR count). The second-order valence-electron chi connectivity index (χ2n) is 8.82. The number of sulfonamides is 1. The molecule has 1 amide bonds. The van der Waals surface area contributed by atoms with Crippen LogP contribution in [0.4, 0.5) is 23.7 Å². The fourth-order valence-electron chi connectivity index (χ4n) is 3.69. The van der Waals surface area contributed by atoms with E-state index in [-0.39, 0.29) is 46.9 Å². The van der Waals surface area contributed by atoms with E-state index in [9.17, 15) is 26.8 Å². The van der Waals surface area contributed by atoms with E-state index in [1.54, 1.807) is 0 Å². The summed E-state index contributed by atoms with van der Waals surface area (Å²) in [6.45, 7) is 0.726. The van der Waals surface area contributed by atoms with Crippen molar-refractivity contribution in [3.63, 3.8) is 0 Å². The number of alkyl halides is 2. The minimum absolute atomic E-state index is 0.00208. The van der Waals surface area contributed by atoms with Crippen molar-refractivity contribution >= 4 is 32.8 Å². The highest BCUT2D eigenvalue weighted by atomic mass is 32.2. The molecule has 0 bridgehead atoms. The van der Waals surface area contributed by atoms with E-state index in [0.29, 0.717) is 10.9 Å². The van der Waals surface area contributed by atoms with Crippen LogP contribution in [0.3, 0.4) is 0 Å². The summed E-state index contributed by atoms with van der Waals surface area (Å²) in [7, 11) is 0.675. The van der Waals surface area contributed by atoms with Crippen LogP contribution in [-0.2, 0) is 23.0 Å². The summed E-state index contributed by atoms with van der Waals surface area (Å²) in [5.74, 6) is -1.04. The third kappa shape index (κ3) is 7.04. The molecule has 0 aliphatic rings. The van der Waals surface area contributed by atoms with Crippen LogP contribution in [0.15, 0.2) is 45.6 Å². The molecule has 3 aromatic rings. The van der Waals surface area contributed by atoms with Gasteiger partial charge in [0.05, 0.1) is 18.0 Å². The molecule has 9 nitrogen and oxygen atoms in total. The fraction of sp³-hybridized carbons (Fsp3) is 0.360. The van der Waals surface area contributed by atoms with Gasteiger partial charge in [-0.25, -0.2) is 31.2 Å². The van der Waals surface area contributed by atoms with Crippen molar-refractivity contribution in [2.45, 2.75) is 26.3 Å². The Balaban J connectivity index is 2.12. The van der Waals surface area contributed by atoms with E-state index in [1.165, 1.54) is 74.3 Å². The molecular weight excluding hydrogens is 527 g/mol. The summed E-state index contributed by atoms with van der Waals surface area (Å²) in [4.78, 5) is 27.5. The summed E-state index contributed by atoms with van der Waals surface area (Å²) in [6, 6.07) is 8.39. The molecule has 206 valence electrons. The van der Waals surface area contributed by atoms with Crippen LogP contribution in [0.2, 0.25) is 0 Å². The molecule has 0 saturated heterocycles. The number of rotatable bonds is 10. The third-order valence-electron chi connectivity index (χ3n) is 5.63. The van der Waals surface area contributed by atoms with Gasteiger partial charge in [0, 0.05) is 44.1 Å². The largest absolute Gasteiger partial charge is 0.422 e. The number of amides is 1. The lowest BCUT2D eigenvalue weighted by Gasteiger charge is -2.20. The molecule has 0 aliphatic carbocycles. The van der Waals surface area contributed by atoms with Crippen molar-refractivity contribution in [1.29, 1.82) is 0 Å². The Morgan fingerprint density at radius 2 is 1.84 bits per heavy atom. The highest BCUT2D eigenvalue weighted by molar-refractivity contribution is 7.92. The van der Waals surface area contributed by atoms with Crippen LogP contribution < -0.4 is 15.1 Å². The zero-order valence-electron chi connectivity index (χ0n) is 21.3. The van der Waals surface area contributed by atoms with Crippen LogP contribution in [0.1, 0.15) is 23.6 Å². The average Bonchev–Trinajstić information content (AvgIpc) is 2.82. The van der Waals surface area contributed by atoms with Crippen molar-refractivity contribution in [3.8, 4) is 5.75 Å². The number of fused-ring (bicyclic) bond motifs is 1. The number of hydrogen-bond donors (Lipinski definition) is 1. The highest BCUT2D eigenvalue weighted by Crippen LogP contribution is 2.29. The maximum atomic E-state index is 15.3. The first-order valence-corrected chi connectivity index (χ1v) is 13.2. The number of anilines is 1. The van der Waals surface area contributed by atoms with Gasteiger partial charge in [-0.3, -0.25) is 9.62 Å². The molecule has 13 heteroatoms. The predicted molar refractivity (Wildman–Crippen MR) is 137 cm³/mol. The summed E-state index contributed by atoms with van der Waals surface area (Å²) < 4.78 is 78.1. The van der Waals surface area contributed by atoms with Gasteiger partial charge in [0.25, 0.3) is 6.43 Å². The molecule has 1 aromatic heterocycles. The lowest BCUT2D eigenvalue weighted by Crippen LogP contribution is -2.26. The third-order valence-corrected chi connectivity index (χ3v) is 6.92. The molecular formula is C25H28F3N3O6S. The van der Waals surface area contributed by atoms with Gasteiger partial charge >= 0.3 is 11.7 Å². The first-order chi connectivity index (χ1) is 17.8. The van der Waals surface area contributed by atoms with Crippen LogP contribution in [0, 0.1) is 5.82 Å². The van der Waals surface area contributed by atoms with Crippen LogP contribution in [0.5, 0.6) is 5.75 Å². The Morgan fingerprint density at radius 1 is 1.13 bits per heavy atom. The molecule has 0 fully saturated rings. The van der Waals surface area contributed by atoms with Gasteiger partial charge in [-0.2, -0.15) is 0 Å². The van der Waals surface area contributed by atoms with E-state index in [1.807, 2.05) is 0 Å². The SMILES string of the molecule is CCS(=O)(=O)Nc1cccc(Cc2c(CN(C)CC(F)F)c3ccc(OC(=O)N(C)C)cc3oc2=O)c1F. The zero-order valence-corrected chi connectivity index (χ0v) is 22.1. The van der Waals surface area contributed by atoms with E-state index < -0.39 is 40.5 Å². The van der Waals surface area contributed by atoms with Crippen molar-refractivity contribution in [2.24, 2.45) is 0 Å². The molecule has 0 spiro atoms. The van der Waals surface area contributed by atoms with E-state index in [4.69, 9.17) is 9.15 Å². The van der Waals surface area contributed by atoms with Crippen LogP contribution in [0.25, 0.3) is 11.0 Å². The fourth-order valence-corrected chi connectivity index (χ4v) is 4.33. The molecule has 0 saturated carbocycles.